The highest BCUT2D eigenvalue weighted by atomic mass is 16.5. The van der Waals surface area contributed by atoms with Gasteiger partial charge in [-0.1, -0.05) is 19.8 Å². The summed E-state index contributed by atoms with van der Waals surface area (Å²) in [4.78, 5) is 14.0. The molecule has 0 spiro atoms. The zero-order chi connectivity index (χ0) is 13.4. The minimum Gasteiger partial charge on any atom is -0.372 e. The minimum absolute atomic E-state index is 0.0503. The van der Waals surface area contributed by atoms with E-state index >= 15 is 0 Å². The van der Waals surface area contributed by atoms with Crippen LogP contribution in [-0.2, 0) is 9.53 Å². The van der Waals surface area contributed by atoms with Gasteiger partial charge in [-0.05, 0) is 32.6 Å². The fourth-order valence-corrected chi connectivity index (χ4v) is 2.51. The van der Waals surface area contributed by atoms with E-state index in [0.717, 1.165) is 25.8 Å². The third kappa shape index (κ3) is 4.94. The van der Waals surface area contributed by atoms with Gasteiger partial charge in [0.2, 0.25) is 5.91 Å². The van der Waals surface area contributed by atoms with Gasteiger partial charge >= 0.3 is 0 Å². The molecular weight excluding hydrogens is 228 g/mol. The molecule has 0 aliphatic carbocycles. The van der Waals surface area contributed by atoms with Crippen LogP contribution in [0.3, 0.4) is 0 Å². The van der Waals surface area contributed by atoms with Crippen molar-refractivity contribution in [1.82, 2.24) is 4.90 Å². The summed E-state index contributed by atoms with van der Waals surface area (Å²) >= 11 is 0. The number of rotatable bonds is 7. The van der Waals surface area contributed by atoms with Crippen LogP contribution in [0, 0.1) is 0 Å². The smallest absolute Gasteiger partial charge is 0.248 e. The second-order valence-corrected chi connectivity index (χ2v) is 5.27. The SMILES string of the molecule is CCCCCOCC(=O)N1CCCCC1C(C)N. The zero-order valence-electron chi connectivity index (χ0n) is 11.9. The summed E-state index contributed by atoms with van der Waals surface area (Å²) in [5.41, 5.74) is 5.96. The van der Waals surface area contributed by atoms with E-state index < -0.39 is 0 Å². The van der Waals surface area contributed by atoms with Gasteiger partial charge in [-0.2, -0.15) is 0 Å². The first-order valence-corrected chi connectivity index (χ1v) is 7.29. The van der Waals surface area contributed by atoms with Crippen molar-refractivity contribution in [3.05, 3.63) is 0 Å². The number of nitrogens with zero attached hydrogens (tertiary/aromatic N) is 1. The molecule has 1 fully saturated rings. The predicted octanol–water partition coefficient (Wildman–Crippen LogP) is 1.92. The van der Waals surface area contributed by atoms with Gasteiger partial charge in [0.1, 0.15) is 6.61 Å². The van der Waals surface area contributed by atoms with Crippen LogP contribution in [0.4, 0.5) is 0 Å². The van der Waals surface area contributed by atoms with Crippen LogP contribution in [0.1, 0.15) is 52.4 Å². The Kier molecular flexibility index (Phi) is 7.28. The van der Waals surface area contributed by atoms with Gasteiger partial charge in [0.15, 0.2) is 0 Å². The summed E-state index contributed by atoms with van der Waals surface area (Å²) in [5.74, 6) is 0.105. The standard InChI is InChI=1S/C14H28N2O2/c1-3-4-7-10-18-11-14(17)16-9-6-5-8-13(16)12(2)15/h12-13H,3-11,15H2,1-2H3. The Bertz CT molecular complexity index is 244. The molecule has 0 radical (unpaired) electrons. The average molecular weight is 256 g/mol. The first kappa shape index (κ1) is 15.4. The number of nitrogens with two attached hydrogens (primary N) is 1. The highest BCUT2D eigenvalue weighted by molar-refractivity contribution is 5.78. The molecule has 0 aromatic rings. The average Bonchev–Trinajstić information content (AvgIpc) is 2.38. The topological polar surface area (TPSA) is 55.6 Å². The molecule has 1 aliphatic heterocycles. The van der Waals surface area contributed by atoms with Gasteiger partial charge in [-0.3, -0.25) is 4.79 Å². The molecule has 0 aromatic carbocycles. The molecule has 2 unspecified atom stereocenters. The van der Waals surface area contributed by atoms with Crippen molar-refractivity contribution in [3.63, 3.8) is 0 Å². The molecule has 0 saturated carbocycles. The number of hydrogen-bond acceptors (Lipinski definition) is 3. The van der Waals surface area contributed by atoms with Gasteiger partial charge in [0, 0.05) is 25.2 Å². The molecular formula is C14H28N2O2. The minimum atomic E-state index is 0.0503. The molecule has 106 valence electrons. The third-order valence-corrected chi connectivity index (χ3v) is 3.59. The molecule has 4 nitrogen and oxygen atoms in total. The summed E-state index contributed by atoms with van der Waals surface area (Å²) in [6, 6.07) is 0.250. The number of amides is 1. The quantitative estimate of drug-likeness (QED) is 0.708. The van der Waals surface area contributed by atoms with Crippen LogP contribution >= 0.6 is 0 Å². The van der Waals surface area contributed by atoms with E-state index in [2.05, 4.69) is 6.92 Å². The van der Waals surface area contributed by atoms with Crippen LogP contribution in [0.15, 0.2) is 0 Å². The Morgan fingerprint density at radius 1 is 1.44 bits per heavy atom. The summed E-state index contributed by atoms with van der Waals surface area (Å²) in [6.07, 6.45) is 6.68. The Morgan fingerprint density at radius 3 is 2.89 bits per heavy atom. The molecule has 1 rings (SSSR count). The molecule has 2 N–H and O–H groups in total. The lowest BCUT2D eigenvalue weighted by molar-refractivity contribution is -0.140. The number of carbonyl (C=O) groups is 1. The van der Waals surface area contributed by atoms with E-state index in [0.29, 0.717) is 6.61 Å². The molecule has 1 amide bonds. The van der Waals surface area contributed by atoms with Crippen LogP contribution in [-0.4, -0.2) is 42.6 Å². The third-order valence-electron chi connectivity index (χ3n) is 3.59. The van der Waals surface area contributed by atoms with Gasteiger partial charge in [0.25, 0.3) is 0 Å². The molecule has 1 saturated heterocycles. The zero-order valence-corrected chi connectivity index (χ0v) is 11.9. The number of ether oxygens (including phenoxy) is 1. The fourth-order valence-electron chi connectivity index (χ4n) is 2.51. The molecule has 1 aliphatic rings. The number of piperidine rings is 1. The Morgan fingerprint density at radius 2 is 2.22 bits per heavy atom. The van der Waals surface area contributed by atoms with E-state index in [-0.39, 0.29) is 24.6 Å². The van der Waals surface area contributed by atoms with Gasteiger partial charge < -0.3 is 15.4 Å². The van der Waals surface area contributed by atoms with E-state index in [1.807, 2.05) is 11.8 Å². The number of likely N-dealkylation sites (tertiary alicyclic amines) is 1. The largest absolute Gasteiger partial charge is 0.372 e. The molecule has 4 heteroatoms. The first-order valence-electron chi connectivity index (χ1n) is 7.29. The second kappa shape index (κ2) is 8.48. The number of unbranched alkanes of at least 4 members (excludes halogenated alkanes) is 2. The summed E-state index contributed by atoms with van der Waals surface area (Å²) in [5, 5.41) is 0. The summed E-state index contributed by atoms with van der Waals surface area (Å²) < 4.78 is 5.45. The second-order valence-electron chi connectivity index (χ2n) is 5.27. The first-order chi connectivity index (χ1) is 8.66. The van der Waals surface area contributed by atoms with Crippen molar-refractivity contribution in [2.75, 3.05) is 19.8 Å². The van der Waals surface area contributed by atoms with Crippen molar-refractivity contribution in [2.24, 2.45) is 5.73 Å². The van der Waals surface area contributed by atoms with Crippen LogP contribution < -0.4 is 5.73 Å². The highest BCUT2D eigenvalue weighted by Gasteiger charge is 2.28. The maximum Gasteiger partial charge on any atom is 0.248 e. The van der Waals surface area contributed by atoms with Crippen molar-refractivity contribution in [2.45, 2.75) is 64.5 Å². The Hall–Kier alpha value is -0.610. The predicted molar refractivity (Wildman–Crippen MR) is 73.3 cm³/mol. The summed E-state index contributed by atoms with van der Waals surface area (Å²) in [7, 11) is 0. The van der Waals surface area contributed by atoms with E-state index in [1.165, 1.54) is 19.3 Å². The van der Waals surface area contributed by atoms with Crippen molar-refractivity contribution < 1.29 is 9.53 Å². The van der Waals surface area contributed by atoms with Crippen molar-refractivity contribution >= 4 is 5.91 Å². The maximum atomic E-state index is 12.1. The Balaban J connectivity index is 2.29. The summed E-state index contributed by atoms with van der Waals surface area (Å²) in [6.45, 7) is 5.89. The molecule has 1 heterocycles. The highest BCUT2D eigenvalue weighted by Crippen LogP contribution is 2.19. The normalized spacial score (nSPS) is 21.9. The van der Waals surface area contributed by atoms with Crippen LogP contribution in [0.2, 0.25) is 0 Å². The van der Waals surface area contributed by atoms with Gasteiger partial charge in [-0.15, -0.1) is 0 Å². The molecule has 0 bridgehead atoms. The van der Waals surface area contributed by atoms with Crippen molar-refractivity contribution in [1.29, 1.82) is 0 Å². The van der Waals surface area contributed by atoms with Gasteiger partial charge in [-0.25, -0.2) is 0 Å². The van der Waals surface area contributed by atoms with Crippen LogP contribution in [0.5, 0.6) is 0 Å². The number of hydrogen-bond donors (Lipinski definition) is 1. The number of carbonyl (C=O) groups excluding carboxylic acids is 1. The maximum absolute atomic E-state index is 12.1. The molecule has 2 atom stereocenters. The Labute approximate surface area is 111 Å². The van der Waals surface area contributed by atoms with Crippen molar-refractivity contribution in [3.8, 4) is 0 Å². The fraction of sp³-hybridized carbons (Fsp3) is 0.929. The lowest BCUT2D eigenvalue weighted by Crippen LogP contribution is -2.52. The lowest BCUT2D eigenvalue weighted by Gasteiger charge is -2.38. The molecule has 0 aromatic heterocycles. The van der Waals surface area contributed by atoms with E-state index in [9.17, 15) is 4.79 Å². The van der Waals surface area contributed by atoms with E-state index in [4.69, 9.17) is 10.5 Å². The van der Waals surface area contributed by atoms with Gasteiger partial charge in [0.05, 0.1) is 0 Å². The molecule has 18 heavy (non-hydrogen) atoms. The lowest BCUT2D eigenvalue weighted by atomic mass is 9.97. The monoisotopic (exact) mass is 256 g/mol. The van der Waals surface area contributed by atoms with Crippen LogP contribution in [0.25, 0.3) is 0 Å². The van der Waals surface area contributed by atoms with E-state index in [1.54, 1.807) is 0 Å².